The molecule has 0 saturated carbocycles. The van der Waals surface area contributed by atoms with Crippen molar-refractivity contribution in [3.05, 3.63) is 69.2 Å². The number of benzene rings is 2. The van der Waals surface area contributed by atoms with Gasteiger partial charge in [0.15, 0.2) is 11.6 Å². The van der Waals surface area contributed by atoms with E-state index >= 15 is 0 Å². The van der Waals surface area contributed by atoms with E-state index in [1.807, 2.05) is 25.1 Å². The van der Waals surface area contributed by atoms with Gasteiger partial charge in [-0.25, -0.2) is 8.78 Å². The second kappa shape index (κ2) is 5.80. The van der Waals surface area contributed by atoms with Gasteiger partial charge in [-0.3, -0.25) is 0 Å². The number of aryl methyl sites for hydroxylation is 1. The number of nitrogens with two attached hydrogens (primary N) is 1. The predicted octanol–water partition coefficient (Wildman–Crippen LogP) is 4.28. The standard InChI is InChI=1S/C15H14BrF2N/c1-9-2-4-11(16)8-12(9)15(19)7-10-3-5-13(17)14(18)6-10/h2-6,8,15H,7,19H2,1H3. The highest BCUT2D eigenvalue weighted by atomic mass is 79.9. The summed E-state index contributed by atoms with van der Waals surface area (Å²) in [6, 6.07) is 9.52. The van der Waals surface area contributed by atoms with E-state index in [0.29, 0.717) is 12.0 Å². The fourth-order valence-corrected chi connectivity index (χ4v) is 2.42. The van der Waals surface area contributed by atoms with E-state index in [1.165, 1.54) is 6.07 Å². The Morgan fingerprint density at radius 1 is 1.11 bits per heavy atom. The molecule has 2 N–H and O–H groups in total. The first-order valence-corrected chi connectivity index (χ1v) is 6.72. The highest BCUT2D eigenvalue weighted by molar-refractivity contribution is 9.10. The highest BCUT2D eigenvalue weighted by Crippen LogP contribution is 2.24. The van der Waals surface area contributed by atoms with Gasteiger partial charge in [0.25, 0.3) is 0 Å². The van der Waals surface area contributed by atoms with E-state index in [4.69, 9.17) is 5.73 Å². The molecule has 0 heterocycles. The monoisotopic (exact) mass is 325 g/mol. The number of halogens is 3. The molecule has 0 aromatic heterocycles. The Balaban J connectivity index is 2.22. The zero-order valence-electron chi connectivity index (χ0n) is 10.5. The minimum atomic E-state index is -0.837. The van der Waals surface area contributed by atoms with E-state index < -0.39 is 11.6 Å². The molecule has 0 aliphatic rings. The van der Waals surface area contributed by atoms with Crippen LogP contribution in [0.15, 0.2) is 40.9 Å². The Morgan fingerprint density at radius 3 is 2.53 bits per heavy atom. The average molecular weight is 326 g/mol. The molecule has 0 fully saturated rings. The van der Waals surface area contributed by atoms with Gasteiger partial charge in [0, 0.05) is 10.5 Å². The van der Waals surface area contributed by atoms with E-state index in [9.17, 15) is 8.78 Å². The maximum atomic E-state index is 13.2. The lowest BCUT2D eigenvalue weighted by Gasteiger charge is -2.15. The molecular formula is C15H14BrF2N. The van der Waals surface area contributed by atoms with Crippen LogP contribution in [0.2, 0.25) is 0 Å². The van der Waals surface area contributed by atoms with Crippen molar-refractivity contribution >= 4 is 15.9 Å². The topological polar surface area (TPSA) is 26.0 Å². The maximum absolute atomic E-state index is 13.2. The maximum Gasteiger partial charge on any atom is 0.159 e. The molecule has 19 heavy (non-hydrogen) atoms. The molecule has 0 amide bonds. The minimum absolute atomic E-state index is 0.248. The fraction of sp³-hybridized carbons (Fsp3) is 0.200. The summed E-state index contributed by atoms with van der Waals surface area (Å²) in [7, 11) is 0. The van der Waals surface area contributed by atoms with Gasteiger partial charge in [0.05, 0.1) is 0 Å². The summed E-state index contributed by atoms with van der Waals surface area (Å²) in [6.45, 7) is 1.98. The molecule has 0 spiro atoms. The Kier molecular flexibility index (Phi) is 4.32. The molecule has 0 aliphatic carbocycles. The van der Waals surface area contributed by atoms with Crippen LogP contribution < -0.4 is 5.73 Å². The van der Waals surface area contributed by atoms with Gasteiger partial charge in [-0.2, -0.15) is 0 Å². The second-order valence-corrected chi connectivity index (χ2v) is 5.48. The lowest BCUT2D eigenvalue weighted by Crippen LogP contribution is -2.15. The molecule has 2 aromatic carbocycles. The van der Waals surface area contributed by atoms with Gasteiger partial charge in [0.1, 0.15) is 0 Å². The lowest BCUT2D eigenvalue weighted by molar-refractivity contribution is 0.506. The molecular weight excluding hydrogens is 312 g/mol. The molecule has 0 aliphatic heterocycles. The van der Waals surface area contributed by atoms with E-state index in [0.717, 1.165) is 21.7 Å². The zero-order valence-corrected chi connectivity index (χ0v) is 12.0. The predicted molar refractivity (Wildman–Crippen MR) is 75.9 cm³/mol. The van der Waals surface area contributed by atoms with Crippen LogP contribution in [-0.4, -0.2) is 0 Å². The van der Waals surface area contributed by atoms with Crippen molar-refractivity contribution in [2.45, 2.75) is 19.4 Å². The molecule has 0 bridgehead atoms. The molecule has 2 rings (SSSR count). The second-order valence-electron chi connectivity index (χ2n) is 4.56. The van der Waals surface area contributed by atoms with Crippen molar-refractivity contribution in [2.24, 2.45) is 5.73 Å². The van der Waals surface area contributed by atoms with Crippen LogP contribution in [-0.2, 0) is 6.42 Å². The number of hydrogen-bond acceptors (Lipinski definition) is 1. The Morgan fingerprint density at radius 2 is 1.84 bits per heavy atom. The summed E-state index contributed by atoms with van der Waals surface area (Å²) >= 11 is 3.41. The van der Waals surface area contributed by atoms with Gasteiger partial charge >= 0.3 is 0 Å². The zero-order chi connectivity index (χ0) is 14.0. The van der Waals surface area contributed by atoms with Crippen LogP contribution in [0.4, 0.5) is 8.78 Å². The summed E-state index contributed by atoms with van der Waals surface area (Å²) in [5.41, 5.74) is 8.91. The third-order valence-corrected chi connectivity index (χ3v) is 3.57. The van der Waals surface area contributed by atoms with Crippen molar-refractivity contribution in [3.8, 4) is 0 Å². The molecule has 1 unspecified atom stereocenters. The van der Waals surface area contributed by atoms with Crippen LogP contribution in [0.1, 0.15) is 22.7 Å². The molecule has 100 valence electrons. The fourth-order valence-electron chi connectivity index (χ4n) is 2.04. The molecule has 2 aromatic rings. The van der Waals surface area contributed by atoms with E-state index in [1.54, 1.807) is 6.07 Å². The van der Waals surface area contributed by atoms with Crippen LogP contribution in [0, 0.1) is 18.6 Å². The summed E-state index contributed by atoms with van der Waals surface area (Å²) in [4.78, 5) is 0. The van der Waals surface area contributed by atoms with Crippen LogP contribution in [0.5, 0.6) is 0 Å². The quantitative estimate of drug-likeness (QED) is 0.895. The smallest absolute Gasteiger partial charge is 0.159 e. The third-order valence-electron chi connectivity index (χ3n) is 3.08. The summed E-state index contributed by atoms with van der Waals surface area (Å²) in [5, 5.41) is 0. The third kappa shape index (κ3) is 3.39. The van der Waals surface area contributed by atoms with Crippen molar-refractivity contribution in [2.75, 3.05) is 0 Å². The van der Waals surface area contributed by atoms with Crippen molar-refractivity contribution in [1.82, 2.24) is 0 Å². The highest BCUT2D eigenvalue weighted by Gasteiger charge is 2.12. The first-order valence-electron chi connectivity index (χ1n) is 5.93. The van der Waals surface area contributed by atoms with E-state index in [-0.39, 0.29) is 6.04 Å². The summed E-state index contributed by atoms with van der Waals surface area (Å²) in [6.07, 6.45) is 0.467. The molecule has 0 saturated heterocycles. The molecule has 1 atom stereocenters. The Labute approximate surface area is 119 Å². The Bertz CT molecular complexity index is 599. The minimum Gasteiger partial charge on any atom is -0.324 e. The van der Waals surface area contributed by atoms with Crippen LogP contribution >= 0.6 is 15.9 Å². The van der Waals surface area contributed by atoms with Gasteiger partial charge in [-0.15, -0.1) is 0 Å². The van der Waals surface area contributed by atoms with Crippen LogP contribution in [0.25, 0.3) is 0 Å². The van der Waals surface area contributed by atoms with Crippen LogP contribution in [0.3, 0.4) is 0 Å². The number of rotatable bonds is 3. The summed E-state index contributed by atoms with van der Waals surface area (Å²) < 4.78 is 27.0. The average Bonchev–Trinajstić information content (AvgIpc) is 2.36. The first-order chi connectivity index (χ1) is 8.97. The van der Waals surface area contributed by atoms with Crippen molar-refractivity contribution in [3.63, 3.8) is 0 Å². The molecule has 4 heteroatoms. The van der Waals surface area contributed by atoms with Gasteiger partial charge < -0.3 is 5.73 Å². The SMILES string of the molecule is Cc1ccc(Br)cc1C(N)Cc1ccc(F)c(F)c1. The molecule has 1 nitrogen and oxygen atoms in total. The van der Waals surface area contributed by atoms with Crippen molar-refractivity contribution < 1.29 is 8.78 Å². The first kappa shape index (κ1) is 14.2. The lowest BCUT2D eigenvalue weighted by atomic mass is 9.96. The summed E-state index contributed by atoms with van der Waals surface area (Å²) in [5.74, 6) is -1.67. The van der Waals surface area contributed by atoms with Gasteiger partial charge in [0.2, 0.25) is 0 Å². The van der Waals surface area contributed by atoms with Gasteiger partial charge in [-0.05, 0) is 54.3 Å². The normalized spacial score (nSPS) is 12.5. The number of hydrogen-bond donors (Lipinski definition) is 1. The van der Waals surface area contributed by atoms with E-state index in [2.05, 4.69) is 15.9 Å². The Hall–Kier alpha value is -1.26. The van der Waals surface area contributed by atoms with Crippen molar-refractivity contribution in [1.29, 1.82) is 0 Å². The van der Waals surface area contributed by atoms with Gasteiger partial charge in [-0.1, -0.05) is 28.1 Å². The molecule has 0 radical (unpaired) electrons. The largest absolute Gasteiger partial charge is 0.324 e.